The van der Waals surface area contributed by atoms with Crippen molar-refractivity contribution in [1.82, 2.24) is 5.32 Å². The third kappa shape index (κ3) is 6.18. The van der Waals surface area contributed by atoms with Gasteiger partial charge in [0.05, 0.1) is 11.8 Å². The Kier molecular flexibility index (Phi) is 7.84. The summed E-state index contributed by atoms with van der Waals surface area (Å²) in [4.78, 5) is 20.1. The number of aliphatic carboxylic acids is 1. The molecule has 0 bridgehead atoms. The van der Waals surface area contributed by atoms with Crippen molar-refractivity contribution in [3.63, 3.8) is 0 Å². The summed E-state index contributed by atoms with van der Waals surface area (Å²) in [5.74, 6) is -0.784. The number of Topliss-reactive ketones (excluding diaryl/α,β-unsaturated/α-hetero) is 1. The molecule has 0 amide bonds. The van der Waals surface area contributed by atoms with E-state index in [9.17, 15) is 9.59 Å². The van der Waals surface area contributed by atoms with Gasteiger partial charge in [-0.25, -0.2) is 0 Å². The van der Waals surface area contributed by atoms with Crippen LogP contribution in [0, 0.1) is 0 Å². The molecule has 1 fully saturated rings. The summed E-state index contributed by atoms with van der Waals surface area (Å²) in [6, 6.07) is -0.269. The lowest BCUT2D eigenvalue weighted by molar-refractivity contribution is -0.139. The lowest BCUT2D eigenvalue weighted by Crippen LogP contribution is -2.29. The summed E-state index contributed by atoms with van der Waals surface area (Å²) >= 11 is 10.0. The monoisotopic (exact) mass is 241 g/mol. The molecule has 0 saturated carbocycles. The Hall–Kier alpha value is -0.320. The molecule has 0 spiro atoms. The third-order valence-corrected chi connectivity index (χ3v) is 2.25. The van der Waals surface area contributed by atoms with Crippen LogP contribution >= 0.6 is 23.2 Å². The fraction of sp³-hybridized carbons (Fsp3) is 0.750. The van der Waals surface area contributed by atoms with Crippen LogP contribution in [0.2, 0.25) is 0 Å². The quantitative estimate of drug-likeness (QED) is 0.720. The van der Waals surface area contributed by atoms with Crippen LogP contribution in [-0.2, 0) is 9.59 Å². The minimum atomic E-state index is -0.720. The number of alkyl halides is 2. The van der Waals surface area contributed by atoms with Crippen LogP contribution in [0.25, 0.3) is 0 Å². The van der Waals surface area contributed by atoms with Crippen molar-refractivity contribution in [2.24, 2.45) is 0 Å². The van der Waals surface area contributed by atoms with Crippen LogP contribution in [0.15, 0.2) is 0 Å². The van der Waals surface area contributed by atoms with Gasteiger partial charge in [-0.3, -0.25) is 9.59 Å². The SMILES string of the molecule is O=C(CCl)CCl.O=C(O)[C@@H]1CCCN1. The van der Waals surface area contributed by atoms with Crippen molar-refractivity contribution in [3.05, 3.63) is 0 Å². The average molecular weight is 242 g/mol. The molecule has 2 N–H and O–H groups in total. The van der Waals surface area contributed by atoms with Gasteiger partial charge in [0.1, 0.15) is 6.04 Å². The second-order valence-electron chi connectivity index (χ2n) is 2.79. The van der Waals surface area contributed by atoms with Gasteiger partial charge in [-0.05, 0) is 19.4 Å². The van der Waals surface area contributed by atoms with E-state index < -0.39 is 5.97 Å². The molecule has 0 unspecified atom stereocenters. The second-order valence-corrected chi connectivity index (χ2v) is 3.33. The number of carboxylic acids is 1. The topological polar surface area (TPSA) is 66.4 Å². The Balaban J connectivity index is 0.000000255. The predicted octanol–water partition coefficient (Wildman–Crippen LogP) is 0.856. The summed E-state index contributed by atoms with van der Waals surface area (Å²) < 4.78 is 0. The standard InChI is InChI=1S/C5H9NO2.C3H4Cl2O/c7-5(8)4-2-1-3-6-4;4-1-3(6)2-5/h4,6H,1-3H2,(H,7,8);1-2H2/t4-;/m0./s1. The largest absolute Gasteiger partial charge is 0.480 e. The molecule has 1 rings (SSSR count). The first-order valence-electron chi connectivity index (χ1n) is 4.21. The maximum Gasteiger partial charge on any atom is 0.320 e. The summed E-state index contributed by atoms with van der Waals surface area (Å²) in [6.07, 6.45) is 1.78. The molecule has 0 aromatic heterocycles. The lowest BCUT2D eigenvalue weighted by atomic mass is 10.2. The first-order chi connectivity index (χ1) is 6.61. The zero-order valence-corrected chi connectivity index (χ0v) is 9.14. The van der Waals surface area contributed by atoms with E-state index in [1.54, 1.807) is 0 Å². The minimum Gasteiger partial charge on any atom is -0.480 e. The Bertz CT molecular complexity index is 187. The van der Waals surface area contributed by atoms with Gasteiger partial charge < -0.3 is 10.4 Å². The Morgan fingerprint density at radius 2 is 1.93 bits per heavy atom. The molecular weight excluding hydrogens is 229 g/mol. The van der Waals surface area contributed by atoms with E-state index in [0.717, 1.165) is 19.4 Å². The van der Waals surface area contributed by atoms with Crippen LogP contribution in [0.5, 0.6) is 0 Å². The van der Waals surface area contributed by atoms with E-state index in [1.807, 2.05) is 0 Å². The number of rotatable bonds is 3. The van der Waals surface area contributed by atoms with Crippen molar-refractivity contribution < 1.29 is 14.7 Å². The van der Waals surface area contributed by atoms with Crippen LogP contribution in [0.3, 0.4) is 0 Å². The summed E-state index contributed by atoms with van der Waals surface area (Å²) in [5, 5.41) is 11.2. The summed E-state index contributed by atoms with van der Waals surface area (Å²) in [7, 11) is 0. The molecule has 1 aliphatic heterocycles. The number of carbonyl (C=O) groups is 2. The molecule has 1 aliphatic rings. The minimum absolute atomic E-state index is 0.0312. The fourth-order valence-electron chi connectivity index (χ4n) is 0.931. The molecular formula is C8H13Cl2NO3. The molecule has 0 aromatic rings. The number of halogens is 2. The van der Waals surface area contributed by atoms with Crippen molar-refractivity contribution >= 4 is 35.0 Å². The molecule has 1 saturated heterocycles. The normalized spacial score (nSPS) is 19.7. The highest BCUT2D eigenvalue weighted by atomic mass is 35.5. The number of carboxylic acid groups (broad SMARTS) is 1. The smallest absolute Gasteiger partial charge is 0.320 e. The van der Waals surface area contributed by atoms with Crippen LogP contribution < -0.4 is 5.32 Å². The van der Waals surface area contributed by atoms with Crippen molar-refractivity contribution in [2.45, 2.75) is 18.9 Å². The van der Waals surface area contributed by atoms with E-state index in [2.05, 4.69) is 5.32 Å². The molecule has 14 heavy (non-hydrogen) atoms. The summed E-state index contributed by atoms with van der Waals surface area (Å²) in [6.45, 7) is 0.858. The lowest BCUT2D eigenvalue weighted by Gasteiger charge is -1.99. The first kappa shape index (κ1) is 13.7. The number of nitrogens with one attached hydrogen (secondary N) is 1. The maximum absolute atomic E-state index is 10.1. The second kappa shape index (κ2) is 8.03. The molecule has 82 valence electrons. The van der Waals surface area contributed by atoms with E-state index in [1.165, 1.54) is 0 Å². The van der Waals surface area contributed by atoms with Crippen molar-refractivity contribution in [1.29, 1.82) is 0 Å². The van der Waals surface area contributed by atoms with Crippen LogP contribution in [0.1, 0.15) is 12.8 Å². The molecule has 0 aromatic carbocycles. The molecule has 6 heteroatoms. The Morgan fingerprint density at radius 1 is 1.36 bits per heavy atom. The van der Waals surface area contributed by atoms with E-state index >= 15 is 0 Å². The highest BCUT2D eigenvalue weighted by Gasteiger charge is 2.20. The highest BCUT2D eigenvalue weighted by Crippen LogP contribution is 2.03. The molecule has 4 nitrogen and oxygen atoms in total. The van der Waals surface area contributed by atoms with Crippen LogP contribution in [-0.4, -0.2) is 41.2 Å². The predicted molar refractivity (Wildman–Crippen MR) is 55.1 cm³/mol. The van der Waals surface area contributed by atoms with Gasteiger partial charge in [-0.1, -0.05) is 0 Å². The zero-order valence-electron chi connectivity index (χ0n) is 7.63. The molecule has 0 aliphatic carbocycles. The maximum atomic E-state index is 10.1. The van der Waals surface area contributed by atoms with Gasteiger partial charge in [-0.2, -0.15) is 0 Å². The van der Waals surface area contributed by atoms with Crippen molar-refractivity contribution in [3.8, 4) is 0 Å². The van der Waals surface area contributed by atoms with Gasteiger partial charge in [0.15, 0.2) is 5.78 Å². The molecule has 1 heterocycles. The number of hydrogen-bond acceptors (Lipinski definition) is 3. The molecule has 0 radical (unpaired) electrons. The van der Waals surface area contributed by atoms with E-state index in [0.29, 0.717) is 0 Å². The van der Waals surface area contributed by atoms with Gasteiger partial charge in [0.2, 0.25) is 0 Å². The third-order valence-electron chi connectivity index (χ3n) is 1.66. The van der Waals surface area contributed by atoms with E-state index in [4.69, 9.17) is 28.3 Å². The fourth-order valence-corrected chi connectivity index (χ4v) is 1.22. The van der Waals surface area contributed by atoms with Gasteiger partial charge in [-0.15, -0.1) is 23.2 Å². The molecule has 1 atom stereocenters. The van der Waals surface area contributed by atoms with Crippen molar-refractivity contribution in [2.75, 3.05) is 18.3 Å². The number of ketones is 1. The summed E-state index contributed by atoms with van der Waals surface area (Å²) in [5.41, 5.74) is 0. The number of carbonyl (C=O) groups excluding carboxylic acids is 1. The number of hydrogen-bond donors (Lipinski definition) is 2. The first-order valence-corrected chi connectivity index (χ1v) is 5.28. The zero-order chi connectivity index (χ0) is 11.0. The highest BCUT2D eigenvalue weighted by molar-refractivity contribution is 6.35. The van der Waals surface area contributed by atoms with E-state index in [-0.39, 0.29) is 23.6 Å². The van der Waals surface area contributed by atoms with Gasteiger partial charge in [0.25, 0.3) is 0 Å². The Labute approximate surface area is 92.6 Å². The Morgan fingerprint density at radius 3 is 2.07 bits per heavy atom. The van der Waals surface area contributed by atoms with Gasteiger partial charge >= 0.3 is 5.97 Å². The van der Waals surface area contributed by atoms with Crippen LogP contribution in [0.4, 0.5) is 0 Å². The van der Waals surface area contributed by atoms with Gasteiger partial charge in [0, 0.05) is 0 Å². The average Bonchev–Trinajstić information content (AvgIpc) is 2.70.